The number of aliphatic carboxylic acids is 1. The third-order valence-corrected chi connectivity index (χ3v) is 7.75. The number of rotatable bonds is 6. The predicted molar refractivity (Wildman–Crippen MR) is 119 cm³/mol. The standard InChI is InChI=1S/C22H22N2O5S2/c1-14-4-3-5-18(10-14)31(27,28)24-13-17(7-9-21(25)26)29-20-8-6-16(11-19(20)24)22-23-12-15(2)30-22/h3-6,8,10-12,17H,7,9,13H2,1-2H3,(H,25,26)/t17-/m0/s1. The molecule has 3 aromatic rings. The number of nitrogens with zero attached hydrogens (tertiary/aromatic N) is 2. The Hall–Kier alpha value is -2.91. The van der Waals surface area contributed by atoms with Gasteiger partial charge in [0.1, 0.15) is 16.9 Å². The highest BCUT2D eigenvalue weighted by Gasteiger charge is 2.35. The van der Waals surface area contributed by atoms with Gasteiger partial charge in [0.2, 0.25) is 0 Å². The monoisotopic (exact) mass is 458 g/mol. The zero-order valence-electron chi connectivity index (χ0n) is 17.1. The Bertz CT molecular complexity index is 1240. The summed E-state index contributed by atoms with van der Waals surface area (Å²) in [5.41, 5.74) is 2.07. The Kier molecular flexibility index (Phi) is 5.72. The Morgan fingerprint density at radius 1 is 1.26 bits per heavy atom. The summed E-state index contributed by atoms with van der Waals surface area (Å²) < 4.78 is 34.5. The molecule has 1 aliphatic heterocycles. The number of ether oxygens (including phenoxy) is 1. The normalized spacial score (nSPS) is 15.9. The smallest absolute Gasteiger partial charge is 0.303 e. The number of carboxylic acids is 1. The van der Waals surface area contributed by atoms with Crippen LogP contribution in [0.5, 0.6) is 5.75 Å². The Morgan fingerprint density at radius 3 is 2.74 bits per heavy atom. The van der Waals surface area contributed by atoms with Crippen LogP contribution in [0.15, 0.2) is 53.6 Å². The summed E-state index contributed by atoms with van der Waals surface area (Å²) in [4.78, 5) is 16.7. The minimum atomic E-state index is -3.87. The molecule has 0 saturated carbocycles. The predicted octanol–water partition coefficient (Wildman–Crippen LogP) is 4.25. The van der Waals surface area contributed by atoms with E-state index < -0.39 is 22.1 Å². The number of benzene rings is 2. The van der Waals surface area contributed by atoms with E-state index in [2.05, 4.69) is 4.98 Å². The lowest BCUT2D eigenvalue weighted by atomic mass is 10.1. The lowest BCUT2D eigenvalue weighted by molar-refractivity contribution is -0.137. The van der Waals surface area contributed by atoms with Crippen molar-refractivity contribution >= 4 is 33.0 Å². The minimum absolute atomic E-state index is 0.0386. The molecule has 4 rings (SSSR count). The van der Waals surface area contributed by atoms with Crippen molar-refractivity contribution in [3.63, 3.8) is 0 Å². The first kappa shape index (κ1) is 21.3. The van der Waals surface area contributed by atoms with Crippen LogP contribution in [0.2, 0.25) is 0 Å². The van der Waals surface area contributed by atoms with Crippen LogP contribution in [0.25, 0.3) is 10.6 Å². The molecular formula is C22H22N2O5S2. The topological polar surface area (TPSA) is 96.8 Å². The highest BCUT2D eigenvalue weighted by atomic mass is 32.2. The fourth-order valence-corrected chi connectivity index (χ4v) is 5.86. The van der Waals surface area contributed by atoms with E-state index in [9.17, 15) is 13.2 Å². The average Bonchev–Trinajstić information content (AvgIpc) is 3.17. The van der Waals surface area contributed by atoms with E-state index in [4.69, 9.17) is 9.84 Å². The molecule has 0 aliphatic carbocycles. The van der Waals surface area contributed by atoms with Crippen molar-refractivity contribution in [3.05, 3.63) is 59.1 Å². The van der Waals surface area contributed by atoms with E-state index >= 15 is 0 Å². The van der Waals surface area contributed by atoms with Crippen LogP contribution in [0.4, 0.5) is 5.69 Å². The Labute approximate surface area is 185 Å². The maximum atomic E-state index is 13.6. The van der Waals surface area contributed by atoms with Gasteiger partial charge >= 0.3 is 5.97 Å². The number of carbonyl (C=O) groups is 1. The number of anilines is 1. The van der Waals surface area contributed by atoms with Crippen LogP contribution in [-0.2, 0) is 14.8 Å². The van der Waals surface area contributed by atoms with Crippen molar-refractivity contribution in [2.75, 3.05) is 10.8 Å². The van der Waals surface area contributed by atoms with Crippen LogP contribution < -0.4 is 9.04 Å². The quantitative estimate of drug-likeness (QED) is 0.593. The molecule has 7 nitrogen and oxygen atoms in total. The van der Waals surface area contributed by atoms with Crippen molar-refractivity contribution in [1.82, 2.24) is 4.98 Å². The van der Waals surface area contributed by atoms with Gasteiger partial charge in [-0.15, -0.1) is 11.3 Å². The number of carboxylic acid groups (broad SMARTS) is 1. The van der Waals surface area contributed by atoms with Gasteiger partial charge in [-0.25, -0.2) is 13.4 Å². The summed E-state index contributed by atoms with van der Waals surface area (Å²) in [6.45, 7) is 3.84. The second-order valence-electron chi connectivity index (χ2n) is 7.48. The van der Waals surface area contributed by atoms with Gasteiger partial charge < -0.3 is 9.84 Å². The van der Waals surface area contributed by atoms with E-state index in [1.54, 1.807) is 36.5 Å². The van der Waals surface area contributed by atoms with Crippen LogP contribution in [0.1, 0.15) is 23.3 Å². The molecular weight excluding hydrogens is 436 g/mol. The van der Waals surface area contributed by atoms with Gasteiger partial charge in [-0.1, -0.05) is 12.1 Å². The van der Waals surface area contributed by atoms with Crippen molar-refractivity contribution in [1.29, 1.82) is 0 Å². The Morgan fingerprint density at radius 2 is 2.06 bits per heavy atom. The van der Waals surface area contributed by atoms with Gasteiger partial charge in [-0.05, 0) is 56.2 Å². The van der Waals surface area contributed by atoms with Crippen LogP contribution >= 0.6 is 11.3 Å². The maximum absolute atomic E-state index is 13.6. The number of sulfonamides is 1. The highest BCUT2D eigenvalue weighted by molar-refractivity contribution is 7.92. The molecule has 1 N–H and O–H groups in total. The molecule has 1 atom stereocenters. The molecule has 162 valence electrons. The fraction of sp³-hybridized carbons (Fsp3) is 0.273. The summed E-state index contributed by atoms with van der Waals surface area (Å²) in [5, 5.41) is 9.84. The first-order valence-electron chi connectivity index (χ1n) is 9.79. The molecule has 2 aromatic carbocycles. The summed E-state index contributed by atoms with van der Waals surface area (Å²) in [5.74, 6) is -0.535. The first-order valence-corrected chi connectivity index (χ1v) is 12.0. The molecule has 1 aromatic heterocycles. The van der Waals surface area contributed by atoms with Crippen molar-refractivity contribution < 1.29 is 23.1 Å². The zero-order chi connectivity index (χ0) is 22.2. The first-order chi connectivity index (χ1) is 14.7. The summed E-state index contributed by atoms with van der Waals surface area (Å²) in [6.07, 6.45) is 1.33. The molecule has 0 unspecified atom stereocenters. The van der Waals surface area contributed by atoms with Gasteiger partial charge in [-0.2, -0.15) is 0 Å². The van der Waals surface area contributed by atoms with E-state index in [1.165, 1.54) is 15.6 Å². The zero-order valence-corrected chi connectivity index (χ0v) is 18.7. The SMILES string of the molecule is Cc1cccc(S(=O)(=O)N2C[C@H](CCC(=O)O)Oc3ccc(-c4ncc(C)s4)cc32)c1. The average molecular weight is 459 g/mol. The van der Waals surface area contributed by atoms with Gasteiger partial charge in [0.15, 0.2) is 0 Å². The number of aromatic nitrogens is 1. The van der Waals surface area contributed by atoms with Gasteiger partial charge in [0.25, 0.3) is 10.0 Å². The van der Waals surface area contributed by atoms with Gasteiger partial charge in [0.05, 0.1) is 17.1 Å². The molecule has 0 spiro atoms. The molecule has 9 heteroatoms. The van der Waals surface area contributed by atoms with Gasteiger partial charge in [-0.3, -0.25) is 9.10 Å². The number of thiazole rings is 1. The van der Waals surface area contributed by atoms with Crippen LogP contribution in [-0.4, -0.2) is 37.1 Å². The minimum Gasteiger partial charge on any atom is -0.486 e. The van der Waals surface area contributed by atoms with Crippen molar-refractivity contribution in [2.45, 2.75) is 37.7 Å². The number of aryl methyl sites for hydroxylation is 2. The molecule has 0 saturated heterocycles. The molecule has 31 heavy (non-hydrogen) atoms. The highest BCUT2D eigenvalue weighted by Crippen LogP contribution is 2.41. The number of hydrogen-bond acceptors (Lipinski definition) is 6. The van der Waals surface area contributed by atoms with E-state index in [0.717, 1.165) is 21.0 Å². The third-order valence-electron chi connectivity index (χ3n) is 5.02. The van der Waals surface area contributed by atoms with Crippen LogP contribution in [0, 0.1) is 13.8 Å². The second kappa shape index (κ2) is 8.32. The molecule has 2 heterocycles. The van der Waals surface area contributed by atoms with Gasteiger partial charge in [0, 0.05) is 23.1 Å². The van der Waals surface area contributed by atoms with E-state index in [0.29, 0.717) is 11.4 Å². The summed E-state index contributed by atoms with van der Waals surface area (Å²) in [7, 11) is -3.87. The third kappa shape index (κ3) is 4.42. The summed E-state index contributed by atoms with van der Waals surface area (Å²) in [6, 6.07) is 12.1. The van der Waals surface area contributed by atoms with E-state index in [1.807, 2.05) is 26.0 Å². The summed E-state index contributed by atoms with van der Waals surface area (Å²) >= 11 is 1.53. The lowest BCUT2D eigenvalue weighted by Crippen LogP contribution is -2.43. The lowest BCUT2D eigenvalue weighted by Gasteiger charge is -2.35. The maximum Gasteiger partial charge on any atom is 0.303 e. The largest absolute Gasteiger partial charge is 0.486 e. The molecule has 1 aliphatic rings. The van der Waals surface area contributed by atoms with E-state index in [-0.39, 0.29) is 24.3 Å². The fourth-order valence-electron chi connectivity index (χ4n) is 3.50. The molecule has 0 radical (unpaired) electrons. The van der Waals surface area contributed by atoms with Crippen molar-refractivity contribution in [2.24, 2.45) is 0 Å². The number of hydrogen-bond donors (Lipinski definition) is 1. The molecule has 0 amide bonds. The number of fused-ring (bicyclic) bond motifs is 1. The van der Waals surface area contributed by atoms with Crippen LogP contribution in [0.3, 0.4) is 0 Å². The second-order valence-corrected chi connectivity index (χ2v) is 10.6. The molecule has 0 fully saturated rings. The molecule has 0 bridgehead atoms. The Balaban J connectivity index is 1.79. The van der Waals surface area contributed by atoms with Crippen molar-refractivity contribution in [3.8, 4) is 16.3 Å².